The van der Waals surface area contributed by atoms with Crippen molar-refractivity contribution in [3.8, 4) is 11.4 Å². The summed E-state index contributed by atoms with van der Waals surface area (Å²) in [6, 6.07) is 6.83. The van der Waals surface area contributed by atoms with Gasteiger partial charge in [-0.25, -0.2) is 9.97 Å². The van der Waals surface area contributed by atoms with Gasteiger partial charge in [0.05, 0.1) is 11.6 Å². The first-order chi connectivity index (χ1) is 11.6. The summed E-state index contributed by atoms with van der Waals surface area (Å²) in [5, 5.41) is 5.24. The number of H-pyrrole nitrogens is 1. The molecule has 0 bridgehead atoms. The summed E-state index contributed by atoms with van der Waals surface area (Å²) in [5.74, 6) is 0.0263. The Morgan fingerprint density at radius 3 is 2.67 bits per heavy atom. The quantitative estimate of drug-likeness (QED) is 0.677. The molecule has 1 amide bonds. The molecule has 2 aromatic heterocycles. The fraction of sp³-hybridized carbons (Fsp3) is 0.0667. The lowest BCUT2D eigenvalue weighted by atomic mass is 10.2. The fourth-order valence-electron chi connectivity index (χ4n) is 1.90. The molecule has 0 spiro atoms. The van der Waals surface area contributed by atoms with Crippen molar-refractivity contribution in [2.24, 2.45) is 0 Å². The molecule has 9 heteroatoms. The van der Waals surface area contributed by atoms with Gasteiger partial charge in [0.2, 0.25) is 0 Å². The zero-order valence-electron chi connectivity index (χ0n) is 12.0. The fourth-order valence-corrected chi connectivity index (χ4v) is 2.96. The standard InChI is InChI=1S/C15H10Cl2N4O2S/c16-5-10-7-24-15(19-10)21-14(23)11-6-18-12(20-13(11)22)8-1-3-9(17)4-2-8/h1-4,6-7H,5H2,(H,18,20,22)(H,19,21,23). The predicted octanol–water partition coefficient (Wildman–Crippen LogP) is 3.54. The summed E-state index contributed by atoms with van der Waals surface area (Å²) in [4.78, 5) is 35.1. The molecule has 0 atom stereocenters. The molecule has 2 heterocycles. The van der Waals surface area contributed by atoms with Crippen molar-refractivity contribution < 1.29 is 4.79 Å². The third-order valence-electron chi connectivity index (χ3n) is 3.07. The van der Waals surface area contributed by atoms with E-state index in [1.807, 2.05) is 0 Å². The second kappa shape index (κ2) is 7.12. The lowest BCUT2D eigenvalue weighted by molar-refractivity contribution is 0.102. The Morgan fingerprint density at radius 1 is 1.29 bits per heavy atom. The van der Waals surface area contributed by atoms with Crippen molar-refractivity contribution in [1.82, 2.24) is 15.0 Å². The van der Waals surface area contributed by atoms with Gasteiger partial charge in [0.15, 0.2) is 5.13 Å². The van der Waals surface area contributed by atoms with E-state index >= 15 is 0 Å². The van der Waals surface area contributed by atoms with Crippen molar-refractivity contribution in [3.05, 3.63) is 62.5 Å². The van der Waals surface area contributed by atoms with E-state index in [0.717, 1.165) is 0 Å². The number of aromatic nitrogens is 3. The van der Waals surface area contributed by atoms with Gasteiger partial charge in [0, 0.05) is 22.2 Å². The first-order valence-electron chi connectivity index (χ1n) is 6.74. The Balaban J connectivity index is 1.82. The second-order valence-corrected chi connectivity index (χ2v) is 6.28. The molecule has 1 aromatic carbocycles. The van der Waals surface area contributed by atoms with Crippen LogP contribution >= 0.6 is 34.5 Å². The van der Waals surface area contributed by atoms with Gasteiger partial charge in [-0.1, -0.05) is 11.6 Å². The Morgan fingerprint density at radius 2 is 2.04 bits per heavy atom. The third-order valence-corrected chi connectivity index (χ3v) is 4.40. The first kappa shape index (κ1) is 16.6. The number of halogens is 2. The molecule has 24 heavy (non-hydrogen) atoms. The van der Waals surface area contributed by atoms with E-state index in [1.165, 1.54) is 17.5 Å². The van der Waals surface area contributed by atoms with Gasteiger partial charge in [0.1, 0.15) is 11.4 Å². The summed E-state index contributed by atoms with van der Waals surface area (Å²) in [7, 11) is 0. The largest absolute Gasteiger partial charge is 0.306 e. The van der Waals surface area contributed by atoms with E-state index in [9.17, 15) is 9.59 Å². The number of nitrogens with one attached hydrogen (secondary N) is 2. The topological polar surface area (TPSA) is 87.7 Å². The van der Waals surface area contributed by atoms with Gasteiger partial charge in [0.25, 0.3) is 11.5 Å². The zero-order chi connectivity index (χ0) is 17.1. The minimum atomic E-state index is -0.582. The highest BCUT2D eigenvalue weighted by Crippen LogP contribution is 2.18. The molecular formula is C15H10Cl2N4O2S. The van der Waals surface area contributed by atoms with E-state index in [2.05, 4.69) is 20.3 Å². The van der Waals surface area contributed by atoms with Crippen molar-refractivity contribution in [2.75, 3.05) is 5.32 Å². The average molecular weight is 381 g/mol. The monoisotopic (exact) mass is 380 g/mol. The Hall–Kier alpha value is -2.22. The van der Waals surface area contributed by atoms with Crippen LogP contribution in [0.4, 0.5) is 5.13 Å². The number of aromatic amines is 1. The van der Waals surface area contributed by atoms with Crippen LogP contribution in [-0.4, -0.2) is 20.9 Å². The van der Waals surface area contributed by atoms with Gasteiger partial charge in [-0.3, -0.25) is 14.9 Å². The maximum atomic E-state index is 12.2. The van der Waals surface area contributed by atoms with Crippen molar-refractivity contribution >= 4 is 45.6 Å². The number of carbonyl (C=O) groups is 1. The summed E-state index contributed by atoms with van der Waals surface area (Å²) in [6.45, 7) is 0. The van der Waals surface area contributed by atoms with Gasteiger partial charge < -0.3 is 4.98 Å². The maximum Gasteiger partial charge on any atom is 0.264 e. The lowest BCUT2D eigenvalue weighted by Gasteiger charge is -2.04. The minimum absolute atomic E-state index is 0.102. The lowest BCUT2D eigenvalue weighted by Crippen LogP contribution is -2.24. The van der Waals surface area contributed by atoms with Crippen LogP contribution < -0.4 is 10.9 Å². The SMILES string of the molecule is O=C(Nc1nc(CCl)cs1)c1cnc(-c2ccc(Cl)cc2)[nH]c1=O. The molecule has 6 nitrogen and oxygen atoms in total. The van der Waals surface area contributed by atoms with E-state index in [0.29, 0.717) is 27.2 Å². The van der Waals surface area contributed by atoms with E-state index < -0.39 is 11.5 Å². The maximum absolute atomic E-state index is 12.2. The van der Waals surface area contributed by atoms with E-state index in [4.69, 9.17) is 23.2 Å². The van der Waals surface area contributed by atoms with Crippen LogP contribution in [0.25, 0.3) is 11.4 Å². The number of rotatable bonds is 4. The number of anilines is 1. The number of hydrogen-bond donors (Lipinski definition) is 2. The van der Waals surface area contributed by atoms with Crippen LogP contribution in [0.15, 0.2) is 40.6 Å². The second-order valence-electron chi connectivity index (χ2n) is 4.71. The van der Waals surface area contributed by atoms with Crippen LogP contribution in [0.5, 0.6) is 0 Å². The Labute approximate surface area is 150 Å². The highest BCUT2D eigenvalue weighted by atomic mass is 35.5. The molecule has 2 N–H and O–H groups in total. The van der Waals surface area contributed by atoms with Gasteiger partial charge in [-0.2, -0.15) is 0 Å². The van der Waals surface area contributed by atoms with Crippen molar-refractivity contribution in [3.63, 3.8) is 0 Å². The molecule has 3 rings (SSSR count). The minimum Gasteiger partial charge on any atom is -0.306 e. The molecule has 122 valence electrons. The molecule has 0 saturated heterocycles. The van der Waals surface area contributed by atoms with Crippen LogP contribution in [0.3, 0.4) is 0 Å². The molecule has 0 fully saturated rings. The van der Waals surface area contributed by atoms with Crippen LogP contribution in [-0.2, 0) is 5.88 Å². The summed E-state index contributed by atoms with van der Waals surface area (Å²) >= 11 is 12.7. The van der Waals surface area contributed by atoms with Crippen molar-refractivity contribution in [1.29, 1.82) is 0 Å². The molecule has 0 aliphatic rings. The number of benzene rings is 1. The summed E-state index contributed by atoms with van der Waals surface area (Å²) in [5.41, 5.74) is 0.703. The van der Waals surface area contributed by atoms with Gasteiger partial charge in [-0.05, 0) is 24.3 Å². The Kier molecular flexibility index (Phi) is 4.94. The van der Waals surface area contributed by atoms with Gasteiger partial charge in [-0.15, -0.1) is 22.9 Å². The van der Waals surface area contributed by atoms with Gasteiger partial charge >= 0.3 is 0 Å². The molecule has 0 aliphatic heterocycles. The normalized spacial score (nSPS) is 10.6. The first-order valence-corrected chi connectivity index (χ1v) is 8.53. The van der Waals surface area contributed by atoms with E-state index in [1.54, 1.807) is 29.6 Å². The highest BCUT2D eigenvalue weighted by molar-refractivity contribution is 7.14. The third kappa shape index (κ3) is 3.64. The average Bonchev–Trinajstić information content (AvgIpc) is 3.03. The molecular weight excluding hydrogens is 371 g/mol. The number of thiazole rings is 1. The van der Waals surface area contributed by atoms with Crippen LogP contribution in [0.1, 0.15) is 16.1 Å². The van der Waals surface area contributed by atoms with Crippen LogP contribution in [0.2, 0.25) is 5.02 Å². The number of hydrogen-bond acceptors (Lipinski definition) is 5. The predicted molar refractivity (Wildman–Crippen MR) is 94.9 cm³/mol. The van der Waals surface area contributed by atoms with Crippen molar-refractivity contribution in [2.45, 2.75) is 5.88 Å². The smallest absolute Gasteiger partial charge is 0.264 e. The summed E-state index contributed by atoms with van der Waals surface area (Å²) in [6.07, 6.45) is 1.23. The van der Waals surface area contributed by atoms with Crippen LogP contribution in [0, 0.1) is 0 Å². The number of nitrogens with zero attached hydrogens (tertiary/aromatic N) is 2. The molecule has 0 aliphatic carbocycles. The zero-order valence-corrected chi connectivity index (χ0v) is 14.4. The number of amides is 1. The number of carbonyl (C=O) groups excluding carboxylic acids is 1. The molecule has 0 saturated carbocycles. The molecule has 0 unspecified atom stereocenters. The molecule has 0 radical (unpaired) electrons. The summed E-state index contributed by atoms with van der Waals surface area (Å²) < 4.78 is 0. The van der Waals surface area contributed by atoms with E-state index in [-0.39, 0.29) is 11.4 Å². The Bertz CT molecular complexity index is 937. The molecule has 3 aromatic rings. The highest BCUT2D eigenvalue weighted by Gasteiger charge is 2.14. The number of alkyl halides is 1.